The Kier molecular flexibility index (Phi) is 6.92. The fourth-order valence-electron chi connectivity index (χ4n) is 4.11. The van der Waals surface area contributed by atoms with Gasteiger partial charge >= 0.3 is 0 Å². The highest BCUT2D eigenvalue weighted by Gasteiger charge is 2.24. The molecule has 1 fully saturated rings. The first-order valence-corrected chi connectivity index (χ1v) is 11.2. The number of piperazine rings is 1. The third-order valence-electron chi connectivity index (χ3n) is 5.83. The number of amides is 1. The normalized spacial score (nSPS) is 17.8. The van der Waals surface area contributed by atoms with Gasteiger partial charge in [0, 0.05) is 38.8 Å². The molecule has 4 rings (SSSR count). The molecular formula is C24H32N4O3. The number of benzene rings is 1. The number of hydrogen-bond acceptors (Lipinski definition) is 6. The number of carbonyl (C=O) groups excluding carboxylic acids is 1. The van der Waals surface area contributed by atoms with Gasteiger partial charge in [0.25, 0.3) is 0 Å². The summed E-state index contributed by atoms with van der Waals surface area (Å²) >= 11 is 0. The summed E-state index contributed by atoms with van der Waals surface area (Å²) < 4.78 is 11.6. The molecule has 3 heterocycles. The molecule has 0 aliphatic carbocycles. The highest BCUT2D eigenvalue weighted by atomic mass is 16.5. The van der Waals surface area contributed by atoms with E-state index < -0.39 is 0 Å². The zero-order valence-corrected chi connectivity index (χ0v) is 18.4. The van der Waals surface area contributed by atoms with Crippen molar-refractivity contribution in [2.24, 2.45) is 5.92 Å². The number of nitrogens with one attached hydrogen (secondary N) is 1. The van der Waals surface area contributed by atoms with Crippen LogP contribution in [0.4, 0.5) is 5.82 Å². The summed E-state index contributed by atoms with van der Waals surface area (Å²) in [5.74, 6) is 2.86. The molecule has 2 aromatic rings. The van der Waals surface area contributed by atoms with E-state index in [2.05, 4.69) is 33.9 Å². The minimum absolute atomic E-state index is 0.0529. The summed E-state index contributed by atoms with van der Waals surface area (Å²) in [6.07, 6.45) is 2.70. The average Bonchev–Trinajstić information content (AvgIpc) is 3.03. The van der Waals surface area contributed by atoms with E-state index in [1.807, 2.05) is 42.6 Å². The highest BCUT2D eigenvalue weighted by molar-refractivity contribution is 5.78. The first-order valence-electron chi connectivity index (χ1n) is 11.2. The molecule has 0 spiro atoms. The van der Waals surface area contributed by atoms with Crippen LogP contribution in [0.1, 0.15) is 31.9 Å². The van der Waals surface area contributed by atoms with Crippen LogP contribution in [0.15, 0.2) is 42.6 Å². The van der Waals surface area contributed by atoms with Crippen LogP contribution in [-0.4, -0.2) is 61.7 Å². The van der Waals surface area contributed by atoms with Crippen molar-refractivity contribution in [3.63, 3.8) is 0 Å². The van der Waals surface area contributed by atoms with Gasteiger partial charge in [-0.2, -0.15) is 0 Å². The predicted molar refractivity (Wildman–Crippen MR) is 121 cm³/mol. The lowest BCUT2D eigenvalue weighted by molar-refractivity contribution is -0.123. The molecule has 1 amide bonds. The Hall–Kier alpha value is -2.80. The lowest BCUT2D eigenvalue weighted by Crippen LogP contribution is -2.50. The molecular weight excluding hydrogens is 392 g/mol. The quantitative estimate of drug-likeness (QED) is 0.769. The maximum absolute atomic E-state index is 12.9. The van der Waals surface area contributed by atoms with Gasteiger partial charge in [0.2, 0.25) is 5.91 Å². The topological polar surface area (TPSA) is 66.9 Å². The maximum atomic E-state index is 12.9. The molecule has 0 saturated carbocycles. The van der Waals surface area contributed by atoms with Crippen LogP contribution in [-0.2, 0) is 4.79 Å². The molecule has 1 aromatic heterocycles. The smallest absolute Gasteiger partial charge is 0.234 e. The first-order chi connectivity index (χ1) is 15.1. The van der Waals surface area contributed by atoms with Crippen molar-refractivity contribution >= 4 is 11.7 Å². The van der Waals surface area contributed by atoms with Crippen molar-refractivity contribution in [2.45, 2.75) is 26.3 Å². The molecule has 2 aliphatic heterocycles. The van der Waals surface area contributed by atoms with Gasteiger partial charge in [0.15, 0.2) is 11.5 Å². The van der Waals surface area contributed by atoms with Gasteiger partial charge in [-0.05, 0) is 35.7 Å². The number of ether oxygens (including phenoxy) is 2. The summed E-state index contributed by atoms with van der Waals surface area (Å²) in [4.78, 5) is 21.8. The van der Waals surface area contributed by atoms with Gasteiger partial charge < -0.3 is 19.7 Å². The van der Waals surface area contributed by atoms with Crippen LogP contribution < -0.4 is 19.7 Å². The van der Waals surface area contributed by atoms with Crippen molar-refractivity contribution < 1.29 is 14.3 Å². The molecule has 2 aliphatic rings. The van der Waals surface area contributed by atoms with Crippen molar-refractivity contribution in [3.05, 3.63) is 48.2 Å². The minimum Gasteiger partial charge on any atom is -0.490 e. The molecule has 1 saturated heterocycles. The molecule has 0 unspecified atom stereocenters. The van der Waals surface area contributed by atoms with Crippen molar-refractivity contribution in [2.75, 3.05) is 50.8 Å². The summed E-state index contributed by atoms with van der Waals surface area (Å²) in [6.45, 7) is 9.42. The Bertz CT molecular complexity index is 866. The molecule has 31 heavy (non-hydrogen) atoms. The minimum atomic E-state index is -0.0699. The number of anilines is 1. The molecule has 1 aromatic carbocycles. The van der Waals surface area contributed by atoms with Crippen LogP contribution in [0, 0.1) is 5.92 Å². The van der Waals surface area contributed by atoms with Crippen LogP contribution in [0.25, 0.3) is 0 Å². The fourth-order valence-corrected chi connectivity index (χ4v) is 4.11. The van der Waals surface area contributed by atoms with Crippen molar-refractivity contribution in [1.82, 2.24) is 15.2 Å². The molecule has 0 bridgehead atoms. The average molecular weight is 425 g/mol. The zero-order valence-electron chi connectivity index (χ0n) is 18.4. The van der Waals surface area contributed by atoms with Gasteiger partial charge in [-0.3, -0.25) is 9.69 Å². The van der Waals surface area contributed by atoms with E-state index in [1.165, 1.54) is 0 Å². The second-order valence-electron chi connectivity index (χ2n) is 8.50. The second-order valence-corrected chi connectivity index (χ2v) is 8.50. The van der Waals surface area contributed by atoms with Crippen LogP contribution in [0.3, 0.4) is 0 Å². The third-order valence-corrected chi connectivity index (χ3v) is 5.83. The molecule has 7 heteroatoms. The van der Waals surface area contributed by atoms with Crippen LogP contribution in [0.5, 0.6) is 11.5 Å². The number of aromatic nitrogens is 1. The monoisotopic (exact) mass is 424 g/mol. The molecule has 0 radical (unpaired) electrons. The summed E-state index contributed by atoms with van der Waals surface area (Å²) in [5.41, 5.74) is 1.05. The lowest BCUT2D eigenvalue weighted by Gasteiger charge is -2.35. The number of carbonyl (C=O) groups is 1. The zero-order chi connectivity index (χ0) is 21.6. The number of nitrogens with zero attached hydrogens (tertiary/aromatic N) is 3. The number of pyridine rings is 1. The van der Waals surface area contributed by atoms with E-state index in [1.54, 1.807) is 0 Å². The Labute approximate surface area is 184 Å². The van der Waals surface area contributed by atoms with Crippen molar-refractivity contribution in [1.29, 1.82) is 0 Å². The van der Waals surface area contributed by atoms with Crippen LogP contribution >= 0.6 is 0 Å². The molecule has 7 nitrogen and oxygen atoms in total. The van der Waals surface area contributed by atoms with E-state index in [0.717, 1.165) is 55.5 Å². The highest BCUT2D eigenvalue weighted by Crippen LogP contribution is 2.34. The van der Waals surface area contributed by atoms with E-state index >= 15 is 0 Å². The standard InChI is InChI=1S/C24H32N4O3/c1-18(2)24(19-7-8-20-21(16-19)31-15-5-14-30-20)26-23(29)17-27-10-12-28(13-11-27)22-6-3-4-9-25-22/h3-4,6-9,16,18,24H,5,10-15,17H2,1-2H3,(H,26,29)/t24-/m0/s1. The lowest BCUT2D eigenvalue weighted by atomic mass is 9.95. The maximum Gasteiger partial charge on any atom is 0.234 e. The van der Waals surface area contributed by atoms with Gasteiger partial charge in [-0.1, -0.05) is 26.0 Å². The summed E-state index contributed by atoms with van der Waals surface area (Å²) in [7, 11) is 0. The summed E-state index contributed by atoms with van der Waals surface area (Å²) in [6, 6.07) is 11.9. The number of hydrogen-bond donors (Lipinski definition) is 1. The first kappa shape index (κ1) is 21.4. The van der Waals surface area contributed by atoms with Crippen molar-refractivity contribution in [3.8, 4) is 11.5 Å². The Morgan fingerprint density at radius 3 is 2.55 bits per heavy atom. The molecule has 166 valence electrons. The van der Waals surface area contributed by atoms with Gasteiger partial charge in [0.1, 0.15) is 5.82 Å². The number of fused-ring (bicyclic) bond motifs is 1. The Morgan fingerprint density at radius 2 is 1.84 bits per heavy atom. The fraction of sp³-hybridized carbons (Fsp3) is 0.500. The molecule has 1 N–H and O–H groups in total. The SMILES string of the molecule is CC(C)[C@H](NC(=O)CN1CCN(c2ccccn2)CC1)c1ccc2c(c1)OCCCO2. The largest absolute Gasteiger partial charge is 0.490 e. The van der Waals surface area contributed by atoms with Gasteiger partial charge in [-0.15, -0.1) is 0 Å². The van der Waals surface area contributed by atoms with Crippen LogP contribution in [0.2, 0.25) is 0 Å². The third kappa shape index (κ3) is 5.47. The Balaban J connectivity index is 1.34. The molecule has 1 atom stereocenters. The van der Waals surface area contributed by atoms with E-state index in [4.69, 9.17) is 9.47 Å². The van der Waals surface area contributed by atoms with E-state index in [0.29, 0.717) is 19.8 Å². The van der Waals surface area contributed by atoms with E-state index in [-0.39, 0.29) is 17.9 Å². The van der Waals surface area contributed by atoms with E-state index in [9.17, 15) is 4.79 Å². The predicted octanol–water partition coefficient (Wildman–Crippen LogP) is 2.88. The number of rotatable bonds is 6. The second kappa shape index (κ2) is 10.0. The van der Waals surface area contributed by atoms with Gasteiger partial charge in [0.05, 0.1) is 25.8 Å². The Morgan fingerprint density at radius 1 is 1.06 bits per heavy atom. The van der Waals surface area contributed by atoms with Gasteiger partial charge in [-0.25, -0.2) is 4.98 Å². The summed E-state index contributed by atoms with van der Waals surface area (Å²) in [5, 5.41) is 3.24.